The summed E-state index contributed by atoms with van der Waals surface area (Å²) in [6.45, 7) is 7.35. The number of carboxylic acids is 1. The summed E-state index contributed by atoms with van der Waals surface area (Å²) in [5, 5.41) is 9.92. The van der Waals surface area contributed by atoms with E-state index in [0.29, 0.717) is 5.37 Å². The van der Waals surface area contributed by atoms with Gasteiger partial charge in [-0.15, -0.1) is 0 Å². The number of aliphatic carboxylic acids is 1. The van der Waals surface area contributed by atoms with Crippen molar-refractivity contribution in [3.63, 3.8) is 0 Å². The van der Waals surface area contributed by atoms with Crippen molar-refractivity contribution in [2.45, 2.75) is 51.3 Å². The molecule has 1 heterocycles. The fourth-order valence-electron chi connectivity index (χ4n) is 1.95. The molecule has 0 aromatic heterocycles. The van der Waals surface area contributed by atoms with Crippen LogP contribution >= 0.6 is 11.8 Å². The Hall–Kier alpha value is -0.550. The molecule has 0 spiro atoms. The van der Waals surface area contributed by atoms with E-state index in [0.717, 1.165) is 24.7 Å². The minimum Gasteiger partial charge on any atom is -0.481 e. The van der Waals surface area contributed by atoms with Gasteiger partial charge >= 0.3 is 5.97 Å². The normalized spacial score (nSPS) is 19.3. The quantitative estimate of drug-likeness (QED) is 0.701. The minimum atomic E-state index is -0.782. The summed E-state index contributed by atoms with van der Waals surface area (Å²) in [6, 6.07) is 0. The first-order valence-electron chi connectivity index (χ1n) is 6.83. The molecule has 1 atom stereocenters. The average Bonchev–Trinajstić information content (AvgIpc) is 2.77. The van der Waals surface area contributed by atoms with Crippen molar-refractivity contribution < 1.29 is 9.90 Å². The Morgan fingerprint density at radius 2 is 2.00 bits per heavy atom. The number of thioether (sulfide) groups is 1. The van der Waals surface area contributed by atoms with E-state index < -0.39 is 5.97 Å². The summed E-state index contributed by atoms with van der Waals surface area (Å²) in [5.74, 6) is -0.782. The van der Waals surface area contributed by atoms with Gasteiger partial charge < -0.3 is 5.11 Å². The molecule has 0 saturated carbocycles. The van der Waals surface area contributed by atoms with Crippen molar-refractivity contribution in [2.24, 2.45) is 4.99 Å². The smallest absolute Gasteiger partial charge is 0.309 e. The van der Waals surface area contributed by atoms with E-state index in [9.17, 15) is 4.79 Å². The van der Waals surface area contributed by atoms with Crippen LogP contribution in [0.3, 0.4) is 0 Å². The molecule has 0 aromatic rings. The molecule has 0 aliphatic carbocycles. The summed E-state index contributed by atoms with van der Waals surface area (Å²) in [4.78, 5) is 17.5. The van der Waals surface area contributed by atoms with Crippen molar-refractivity contribution >= 4 is 22.8 Å². The molecule has 5 heteroatoms. The van der Waals surface area contributed by atoms with Gasteiger partial charge in [0.15, 0.2) is 0 Å². The molecule has 0 radical (unpaired) electrons. The maximum Gasteiger partial charge on any atom is 0.309 e. The molecule has 1 aliphatic rings. The van der Waals surface area contributed by atoms with Gasteiger partial charge in [0.1, 0.15) is 0 Å². The molecule has 0 amide bonds. The third-order valence-corrected chi connectivity index (χ3v) is 4.27. The molecular weight excluding hydrogens is 248 g/mol. The Morgan fingerprint density at radius 1 is 1.39 bits per heavy atom. The number of carboxylic acid groups (broad SMARTS) is 1. The van der Waals surface area contributed by atoms with Crippen molar-refractivity contribution in [3.05, 3.63) is 0 Å². The highest BCUT2D eigenvalue weighted by atomic mass is 32.2. The third-order valence-electron chi connectivity index (χ3n) is 3.00. The number of unbranched alkanes of at least 4 members (excludes halogenated alkanes) is 2. The van der Waals surface area contributed by atoms with E-state index in [1.807, 2.05) is 0 Å². The highest BCUT2D eigenvalue weighted by molar-refractivity contribution is 8.14. The van der Waals surface area contributed by atoms with Gasteiger partial charge in [-0.3, -0.25) is 14.7 Å². The monoisotopic (exact) mass is 272 g/mol. The van der Waals surface area contributed by atoms with Crippen LogP contribution in [0.4, 0.5) is 0 Å². The van der Waals surface area contributed by atoms with Crippen LogP contribution in [0.5, 0.6) is 0 Å². The molecule has 18 heavy (non-hydrogen) atoms. The standard InChI is InChI=1S/C13H24N2O2S/c1-3-5-7-15(8-6-4-2)12-10-14-11(18-12)9-13(16)17/h12H,3-10H2,1-2H3,(H,16,17). The Bertz CT molecular complexity index is 287. The van der Waals surface area contributed by atoms with Crippen molar-refractivity contribution in [1.82, 2.24) is 4.90 Å². The van der Waals surface area contributed by atoms with E-state index in [-0.39, 0.29) is 6.42 Å². The second-order valence-corrected chi connectivity index (χ2v) is 5.87. The van der Waals surface area contributed by atoms with Crippen LogP contribution in [0.1, 0.15) is 46.0 Å². The molecule has 1 N–H and O–H groups in total. The summed E-state index contributed by atoms with van der Waals surface area (Å²) >= 11 is 1.64. The Morgan fingerprint density at radius 3 is 2.50 bits per heavy atom. The second kappa shape index (κ2) is 8.53. The van der Waals surface area contributed by atoms with Gasteiger partial charge in [0.25, 0.3) is 0 Å². The number of rotatable bonds is 9. The predicted molar refractivity (Wildman–Crippen MR) is 77.3 cm³/mol. The lowest BCUT2D eigenvalue weighted by atomic mass is 10.2. The number of nitrogens with zero attached hydrogens (tertiary/aromatic N) is 2. The minimum absolute atomic E-state index is 0.0799. The average molecular weight is 272 g/mol. The SMILES string of the molecule is CCCCN(CCCC)C1CN=C(CC(=O)O)S1. The molecule has 0 bridgehead atoms. The van der Waals surface area contributed by atoms with Gasteiger partial charge in [-0.05, 0) is 25.9 Å². The Kier molecular flexibility index (Phi) is 7.35. The van der Waals surface area contributed by atoms with Gasteiger partial charge in [-0.25, -0.2) is 0 Å². The molecule has 0 aromatic carbocycles. The highest BCUT2D eigenvalue weighted by Gasteiger charge is 2.26. The number of aliphatic imine (C=N–C) groups is 1. The molecule has 1 rings (SSSR count). The van der Waals surface area contributed by atoms with E-state index >= 15 is 0 Å². The lowest BCUT2D eigenvalue weighted by Gasteiger charge is -2.27. The summed E-state index contributed by atoms with van der Waals surface area (Å²) in [5.41, 5.74) is 0. The molecule has 104 valence electrons. The van der Waals surface area contributed by atoms with Crippen LogP contribution in [0.25, 0.3) is 0 Å². The zero-order valence-corrected chi connectivity index (χ0v) is 12.2. The van der Waals surface area contributed by atoms with Crippen LogP contribution in [0, 0.1) is 0 Å². The first-order chi connectivity index (χ1) is 8.67. The summed E-state index contributed by atoms with van der Waals surface area (Å²) in [6.07, 6.45) is 4.88. The fourth-order valence-corrected chi connectivity index (χ4v) is 3.13. The molecular formula is C13H24N2O2S. The first-order valence-corrected chi connectivity index (χ1v) is 7.71. The third kappa shape index (κ3) is 5.40. The van der Waals surface area contributed by atoms with Crippen LogP contribution in [0.15, 0.2) is 4.99 Å². The number of hydrogen-bond donors (Lipinski definition) is 1. The number of carbonyl (C=O) groups is 1. The van der Waals surface area contributed by atoms with Gasteiger partial charge in [0, 0.05) is 0 Å². The van der Waals surface area contributed by atoms with Gasteiger partial charge in [0.2, 0.25) is 0 Å². The van der Waals surface area contributed by atoms with Crippen LogP contribution in [-0.4, -0.2) is 46.0 Å². The van der Waals surface area contributed by atoms with Crippen molar-refractivity contribution in [3.8, 4) is 0 Å². The molecule has 0 saturated heterocycles. The maximum atomic E-state index is 10.7. The largest absolute Gasteiger partial charge is 0.481 e. The van der Waals surface area contributed by atoms with Crippen LogP contribution < -0.4 is 0 Å². The first kappa shape index (κ1) is 15.5. The fraction of sp³-hybridized carbons (Fsp3) is 0.846. The lowest BCUT2D eigenvalue weighted by molar-refractivity contribution is -0.135. The summed E-state index contributed by atoms with van der Waals surface area (Å²) < 4.78 is 0. The van der Waals surface area contributed by atoms with Crippen molar-refractivity contribution in [1.29, 1.82) is 0 Å². The molecule has 0 fully saturated rings. The predicted octanol–water partition coefficient (Wildman–Crippen LogP) is 2.83. The summed E-state index contributed by atoms with van der Waals surface area (Å²) in [7, 11) is 0. The second-order valence-electron chi connectivity index (χ2n) is 4.62. The molecule has 4 nitrogen and oxygen atoms in total. The lowest BCUT2D eigenvalue weighted by Crippen LogP contribution is -2.35. The zero-order chi connectivity index (χ0) is 13.4. The van der Waals surface area contributed by atoms with Crippen molar-refractivity contribution in [2.75, 3.05) is 19.6 Å². The van der Waals surface area contributed by atoms with Gasteiger partial charge in [-0.1, -0.05) is 38.5 Å². The van der Waals surface area contributed by atoms with Crippen LogP contribution in [-0.2, 0) is 4.79 Å². The highest BCUT2D eigenvalue weighted by Crippen LogP contribution is 2.26. The number of hydrogen-bond acceptors (Lipinski definition) is 4. The van der Waals surface area contributed by atoms with E-state index in [1.54, 1.807) is 11.8 Å². The molecule has 1 aliphatic heterocycles. The zero-order valence-electron chi connectivity index (χ0n) is 11.4. The Labute approximate surface area is 114 Å². The van der Waals surface area contributed by atoms with Gasteiger partial charge in [0.05, 0.1) is 23.4 Å². The van der Waals surface area contributed by atoms with E-state index in [2.05, 4.69) is 23.7 Å². The molecule has 1 unspecified atom stereocenters. The topological polar surface area (TPSA) is 52.9 Å². The van der Waals surface area contributed by atoms with E-state index in [1.165, 1.54) is 25.7 Å². The van der Waals surface area contributed by atoms with Crippen LogP contribution in [0.2, 0.25) is 0 Å². The van der Waals surface area contributed by atoms with Gasteiger partial charge in [-0.2, -0.15) is 0 Å². The Balaban J connectivity index is 2.42. The van der Waals surface area contributed by atoms with E-state index in [4.69, 9.17) is 5.11 Å². The maximum absolute atomic E-state index is 10.7.